The molecule has 10 nitrogen and oxygen atoms in total. The highest BCUT2D eigenvalue weighted by atomic mass is 16.2. The Morgan fingerprint density at radius 3 is 2.58 bits per heavy atom. The Hall–Kier alpha value is -5.43. The molecular formula is C33H31N7O3. The van der Waals surface area contributed by atoms with Crippen molar-refractivity contribution in [1.29, 1.82) is 0 Å². The van der Waals surface area contributed by atoms with Gasteiger partial charge in [-0.2, -0.15) is 0 Å². The maximum Gasteiger partial charge on any atom is 0.264 e. The minimum Gasteiger partial charge on any atom is -0.381 e. The number of pyridine rings is 1. The SMILES string of the molecule is CC(=O)N1CCC(C#Cc2cccc3cc(C(C)NC(=O)c4c(N)nn5cccnc45)n(-c4ccccc4)c(=O)c23)CC1. The maximum absolute atomic E-state index is 14.3. The van der Waals surface area contributed by atoms with E-state index in [1.165, 1.54) is 4.52 Å². The lowest BCUT2D eigenvalue weighted by atomic mass is 9.96. The van der Waals surface area contributed by atoms with Crippen LogP contribution < -0.4 is 16.6 Å². The number of hydrogen-bond acceptors (Lipinski definition) is 6. The summed E-state index contributed by atoms with van der Waals surface area (Å²) in [6.07, 6.45) is 4.85. The highest BCUT2D eigenvalue weighted by Gasteiger charge is 2.24. The number of likely N-dealkylation sites (tertiary alicyclic amines) is 1. The Kier molecular flexibility index (Phi) is 7.38. The van der Waals surface area contributed by atoms with Crippen LogP contribution in [0.5, 0.6) is 0 Å². The summed E-state index contributed by atoms with van der Waals surface area (Å²) in [6, 6.07) is 18.0. The standard InChI is InChI=1S/C33H31N7O3/c1-21(36-32(42)29-30(34)37-39-17-7-16-35-31(29)39)27-20-25-9-6-8-24(13-12-23-14-18-38(19-15-23)22(2)41)28(25)33(43)40(27)26-10-4-3-5-11-26/h3-11,16-17,20-21,23H,14-15,18-19H2,1-2H3,(H2,34,37)(H,36,42). The molecule has 5 aromatic rings. The van der Waals surface area contributed by atoms with Crippen LogP contribution >= 0.6 is 0 Å². The van der Waals surface area contributed by atoms with Crippen molar-refractivity contribution in [3.05, 3.63) is 100 Å². The third kappa shape index (κ3) is 5.33. The van der Waals surface area contributed by atoms with Crippen molar-refractivity contribution < 1.29 is 9.59 Å². The summed E-state index contributed by atoms with van der Waals surface area (Å²) in [6.45, 7) is 4.79. The summed E-state index contributed by atoms with van der Waals surface area (Å²) < 4.78 is 3.08. The molecule has 3 N–H and O–H groups in total. The van der Waals surface area contributed by atoms with Gasteiger partial charge in [0.15, 0.2) is 11.5 Å². The summed E-state index contributed by atoms with van der Waals surface area (Å²) in [5.74, 6) is 6.49. The molecule has 1 fully saturated rings. The number of fused-ring (bicyclic) bond motifs is 2. The van der Waals surface area contributed by atoms with Crippen molar-refractivity contribution in [2.24, 2.45) is 5.92 Å². The van der Waals surface area contributed by atoms with Crippen molar-refractivity contribution >= 4 is 34.1 Å². The van der Waals surface area contributed by atoms with Gasteiger partial charge in [-0.3, -0.25) is 19.0 Å². The van der Waals surface area contributed by atoms with Gasteiger partial charge in [-0.25, -0.2) is 9.50 Å². The molecule has 0 aliphatic carbocycles. The van der Waals surface area contributed by atoms with E-state index < -0.39 is 11.9 Å². The third-order valence-corrected chi connectivity index (χ3v) is 7.88. The van der Waals surface area contributed by atoms with E-state index in [-0.39, 0.29) is 28.8 Å². The summed E-state index contributed by atoms with van der Waals surface area (Å²) >= 11 is 0. The fourth-order valence-electron chi connectivity index (χ4n) is 5.63. The van der Waals surface area contributed by atoms with E-state index in [1.807, 2.05) is 66.4 Å². The third-order valence-electron chi connectivity index (χ3n) is 7.88. The molecule has 43 heavy (non-hydrogen) atoms. The smallest absolute Gasteiger partial charge is 0.264 e. The second-order valence-corrected chi connectivity index (χ2v) is 10.7. The largest absolute Gasteiger partial charge is 0.381 e. The molecule has 0 spiro atoms. The predicted molar refractivity (Wildman–Crippen MR) is 165 cm³/mol. The van der Waals surface area contributed by atoms with Crippen molar-refractivity contribution in [3.63, 3.8) is 0 Å². The predicted octanol–water partition coefficient (Wildman–Crippen LogP) is 3.72. The number of rotatable bonds is 4. The zero-order chi connectivity index (χ0) is 30.1. The molecule has 1 atom stereocenters. The summed E-state index contributed by atoms with van der Waals surface area (Å²) in [5, 5.41) is 8.43. The van der Waals surface area contributed by atoms with Crippen LogP contribution in [-0.2, 0) is 4.79 Å². The zero-order valence-corrected chi connectivity index (χ0v) is 23.9. The average molecular weight is 574 g/mol. The first-order chi connectivity index (χ1) is 20.8. The van der Waals surface area contributed by atoms with Gasteiger partial charge in [0.1, 0.15) is 5.56 Å². The molecule has 0 saturated carbocycles. The van der Waals surface area contributed by atoms with E-state index in [2.05, 4.69) is 27.2 Å². The molecule has 2 aromatic carbocycles. The number of amides is 2. The van der Waals surface area contributed by atoms with Crippen LogP contribution in [0.15, 0.2) is 77.9 Å². The Bertz CT molecular complexity index is 1980. The lowest BCUT2D eigenvalue weighted by Gasteiger charge is -2.28. The number of nitrogens with one attached hydrogen (secondary N) is 1. The van der Waals surface area contributed by atoms with Gasteiger partial charge in [-0.1, -0.05) is 42.2 Å². The van der Waals surface area contributed by atoms with Crippen molar-refractivity contribution in [2.45, 2.75) is 32.7 Å². The zero-order valence-electron chi connectivity index (χ0n) is 23.9. The highest BCUT2D eigenvalue weighted by Crippen LogP contribution is 2.25. The van der Waals surface area contributed by atoms with Crippen LogP contribution in [0, 0.1) is 17.8 Å². The van der Waals surface area contributed by atoms with Crippen LogP contribution in [0.25, 0.3) is 22.1 Å². The number of anilines is 1. The van der Waals surface area contributed by atoms with Gasteiger partial charge in [0.05, 0.1) is 11.4 Å². The summed E-state index contributed by atoms with van der Waals surface area (Å²) in [4.78, 5) is 45.5. The molecule has 4 heterocycles. The molecule has 10 heteroatoms. The molecule has 1 saturated heterocycles. The van der Waals surface area contributed by atoms with Gasteiger partial charge in [-0.05, 0) is 55.5 Å². The van der Waals surface area contributed by atoms with E-state index in [0.29, 0.717) is 41.1 Å². The molecule has 3 aromatic heterocycles. The van der Waals surface area contributed by atoms with Crippen LogP contribution in [-0.4, -0.2) is 49.0 Å². The fourth-order valence-corrected chi connectivity index (χ4v) is 5.63. The van der Waals surface area contributed by atoms with Gasteiger partial charge < -0.3 is 16.0 Å². The lowest BCUT2D eigenvalue weighted by Crippen LogP contribution is -2.36. The van der Waals surface area contributed by atoms with Crippen LogP contribution in [0.2, 0.25) is 0 Å². The molecule has 0 radical (unpaired) electrons. The van der Waals surface area contributed by atoms with Gasteiger partial charge in [0.2, 0.25) is 5.91 Å². The molecule has 0 bridgehead atoms. The summed E-state index contributed by atoms with van der Waals surface area (Å²) in [5.41, 5.74) is 8.30. The number of nitrogen functional groups attached to an aromatic ring is 1. The van der Waals surface area contributed by atoms with Crippen LogP contribution in [0.4, 0.5) is 5.82 Å². The lowest BCUT2D eigenvalue weighted by molar-refractivity contribution is -0.129. The van der Waals surface area contributed by atoms with Gasteiger partial charge >= 0.3 is 0 Å². The highest BCUT2D eigenvalue weighted by molar-refractivity contribution is 6.04. The minimum atomic E-state index is -0.580. The quantitative estimate of drug-likeness (QED) is 0.316. The normalized spacial score (nSPS) is 14.3. The van der Waals surface area contributed by atoms with Gasteiger partial charge in [0, 0.05) is 55.3 Å². The van der Waals surface area contributed by atoms with E-state index in [4.69, 9.17) is 5.73 Å². The number of nitrogens with two attached hydrogens (primary N) is 1. The monoisotopic (exact) mass is 573 g/mol. The number of para-hydroxylation sites is 1. The molecule has 2 amide bonds. The fraction of sp³-hybridized carbons (Fsp3) is 0.242. The van der Waals surface area contributed by atoms with Crippen molar-refractivity contribution in [1.82, 2.24) is 29.4 Å². The number of piperidine rings is 1. The van der Waals surface area contributed by atoms with Gasteiger partial charge in [-0.15, -0.1) is 5.10 Å². The Labute approximate surface area is 248 Å². The topological polar surface area (TPSA) is 128 Å². The minimum absolute atomic E-state index is 0.0672. The van der Waals surface area contributed by atoms with Crippen molar-refractivity contribution in [2.75, 3.05) is 18.8 Å². The van der Waals surface area contributed by atoms with Crippen LogP contribution in [0.3, 0.4) is 0 Å². The van der Waals surface area contributed by atoms with E-state index in [1.54, 1.807) is 30.0 Å². The Balaban J connectivity index is 1.40. The van der Waals surface area contributed by atoms with E-state index >= 15 is 0 Å². The maximum atomic E-state index is 14.3. The molecule has 1 aliphatic rings. The molecule has 6 rings (SSSR count). The second kappa shape index (κ2) is 11.4. The number of hydrogen-bond donors (Lipinski definition) is 2. The second-order valence-electron chi connectivity index (χ2n) is 10.7. The number of carbonyl (C=O) groups excluding carboxylic acids is 2. The first kappa shape index (κ1) is 27.7. The van der Waals surface area contributed by atoms with E-state index in [0.717, 1.165) is 18.2 Å². The average Bonchev–Trinajstić information content (AvgIpc) is 3.36. The first-order valence-corrected chi connectivity index (χ1v) is 14.2. The summed E-state index contributed by atoms with van der Waals surface area (Å²) in [7, 11) is 0. The molecule has 1 aliphatic heterocycles. The Morgan fingerprint density at radius 1 is 1.07 bits per heavy atom. The number of aromatic nitrogens is 4. The van der Waals surface area contributed by atoms with Crippen LogP contribution in [0.1, 0.15) is 54.3 Å². The molecular weight excluding hydrogens is 542 g/mol. The number of benzene rings is 2. The first-order valence-electron chi connectivity index (χ1n) is 14.2. The van der Waals surface area contributed by atoms with Gasteiger partial charge in [0.25, 0.3) is 11.5 Å². The number of carbonyl (C=O) groups is 2. The molecule has 1 unspecified atom stereocenters. The van der Waals surface area contributed by atoms with Crippen molar-refractivity contribution in [3.8, 4) is 17.5 Å². The number of nitrogens with zero attached hydrogens (tertiary/aromatic N) is 5. The Morgan fingerprint density at radius 2 is 1.84 bits per heavy atom. The van der Waals surface area contributed by atoms with E-state index in [9.17, 15) is 14.4 Å². The molecule has 216 valence electrons.